The molecule has 12 heteroatoms. The van der Waals surface area contributed by atoms with Crippen molar-refractivity contribution in [1.29, 1.82) is 0 Å². The van der Waals surface area contributed by atoms with Gasteiger partial charge in [-0.2, -0.15) is 13.8 Å². The number of ether oxygens (including phenoxy) is 1. The van der Waals surface area contributed by atoms with Crippen LogP contribution in [0.4, 0.5) is 23.4 Å². The van der Waals surface area contributed by atoms with Gasteiger partial charge in [-0.25, -0.2) is 13.6 Å². The first-order chi connectivity index (χ1) is 10.1. The second-order valence-electron chi connectivity index (χ2n) is 4.59. The summed E-state index contributed by atoms with van der Waals surface area (Å²) in [6.07, 6.45) is -8.18. The first-order valence-electron chi connectivity index (χ1n) is 5.75. The van der Waals surface area contributed by atoms with E-state index in [0.29, 0.717) is 4.57 Å². The molecular formula is C10H10ClF4N3O4. The van der Waals surface area contributed by atoms with Crippen molar-refractivity contribution >= 4 is 17.4 Å². The van der Waals surface area contributed by atoms with E-state index in [1.807, 2.05) is 0 Å². The number of nitrogens with zero attached hydrogens (tertiary/aromatic N) is 2. The maximum atomic E-state index is 13.9. The lowest BCUT2D eigenvalue weighted by atomic mass is 9.95. The van der Waals surface area contributed by atoms with Crippen LogP contribution in [-0.2, 0) is 4.74 Å². The van der Waals surface area contributed by atoms with E-state index in [9.17, 15) is 27.5 Å². The molecule has 0 aromatic carbocycles. The maximum Gasteiger partial charge on any atom is 0.351 e. The third-order valence-electron chi connectivity index (χ3n) is 3.33. The van der Waals surface area contributed by atoms with Crippen molar-refractivity contribution < 1.29 is 32.5 Å². The smallest absolute Gasteiger partial charge is 0.351 e. The topological polar surface area (TPSA) is 111 Å². The van der Waals surface area contributed by atoms with Crippen molar-refractivity contribution in [3.05, 3.63) is 21.7 Å². The molecule has 4 N–H and O–H groups in total. The second kappa shape index (κ2) is 5.33. The number of hydrogen-bond acceptors (Lipinski definition) is 6. The zero-order valence-electron chi connectivity index (χ0n) is 10.6. The van der Waals surface area contributed by atoms with Crippen LogP contribution < -0.4 is 11.4 Å². The third kappa shape index (κ3) is 2.16. The molecule has 2 rings (SSSR count). The van der Waals surface area contributed by atoms with Gasteiger partial charge in [0.1, 0.15) is 5.82 Å². The molecular weight excluding hydrogens is 338 g/mol. The molecule has 2 heterocycles. The molecule has 0 spiro atoms. The molecule has 1 saturated heterocycles. The minimum absolute atomic E-state index is 0.303. The standard InChI is InChI=1S/C10H10ClF4N3O4/c11-3-1-18(8(21)17-5(3)16)6-4(20)10(14,15)9(2-19,22-6)7(12)13/h1,4,6-7,19-20H,2H2,(H2,16,17,21)/t4-,6+,9-/m0/s1. The van der Waals surface area contributed by atoms with Crippen LogP contribution in [0.3, 0.4) is 0 Å². The summed E-state index contributed by atoms with van der Waals surface area (Å²) in [5, 5.41) is 18.2. The normalized spacial score (nSPS) is 30.9. The number of rotatable bonds is 3. The fourth-order valence-electron chi connectivity index (χ4n) is 2.05. The number of anilines is 1. The fourth-order valence-corrected chi connectivity index (χ4v) is 2.19. The third-order valence-corrected chi connectivity index (χ3v) is 3.62. The molecule has 1 aromatic heterocycles. The zero-order valence-corrected chi connectivity index (χ0v) is 11.3. The Bertz CT molecular complexity index is 643. The first-order valence-corrected chi connectivity index (χ1v) is 6.13. The summed E-state index contributed by atoms with van der Waals surface area (Å²) in [7, 11) is 0. The summed E-state index contributed by atoms with van der Waals surface area (Å²) < 4.78 is 58.6. The number of hydrogen-bond donors (Lipinski definition) is 3. The maximum absolute atomic E-state index is 13.9. The molecule has 1 aliphatic rings. The van der Waals surface area contributed by atoms with E-state index < -0.39 is 48.4 Å². The Morgan fingerprint density at radius 1 is 1.55 bits per heavy atom. The van der Waals surface area contributed by atoms with Gasteiger partial charge >= 0.3 is 11.6 Å². The van der Waals surface area contributed by atoms with Gasteiger partial charge in [-0.1, -0.05) is 11.6 Å². The fraction of sp³-hybridized carbons (Fsp3) is 0.600. The lowest BCUT2D eigenvalue weighted by Crippen LogP contribution is -2.57. The van der Waals surface area contributed by atoms with E-state index in [1.54, 1.807) is 0 Å². The Labute approximate surface area is 124 Å². The monoisotopic (exact) mass is 347 g/mol. The largest absolute Gasteiger partial charge is 0.393 e. The highest BCUT2D eigenvalue weighted by molar-refractivity contribution is 6.32. The Morgan fingerprint density at radius 3 is 2.59 bits per heavy atom. The van der Waals surface area contributed by atoms with Crippen LogP contribution in [-0.4, -0.2) is 50.4 Å². The molecule has 0 radical (unpaired) electrons. The molecule has 0 saturated carbocycles. The Hall–Kier alpha value is -1.43. The Morgan fingerprint density at radius 2 is 2.14 bits per heavy atom. The number of aliphatic hydroxyl groups excluding tert-OH is 2. The second-order valence-corrected chi connectivity index (χ2v) is 5.00. The summed E-state index contributed by atoms with van der Waals surface area (Å²) in [6.45, 7) is -1.78. The van der Waals surface area contributed by atoms with Gasteiger partial charge in [0.15, 0.2) is 12.3 Å². The van der Waals surface area contributed by atoms with E-state index in [1.165, 1.54) is 0 Å². The van der Waals surface area contributed by atoms with Crippen LogP contribution in [0.25, 0.3) is 0 Å². The minimum Gasteiger partial charge on any atom is -0.393 e. The number of nitrogen functional groups attached to an aromatic ring is 1. The average molecular weight is 348 g/mol. The molecule has 0 bridgehead atoms. The van der Waals surface area contributed by atoms with Gasteiger partial charge < -0.3 is 20.7 Å². The molecule has 124 valence electrons. The van der Waals surface area contributed by atoms with Gasteiger partial charge in [0.05, 0.1) is 11.6 Å². The Kier molecular flexibility index (Phi) is 4.11. The van der Waals surface area contributed by atoms with Crippen molar-refractivity contribution in [1.82, 2.24) is 9.55 Å². The predicted octanol–water partition coefficient (Wildman–Crippen LogP) is 0.0001000. The summed E-state index contributed by atoms with van der Waals surface area (Å²) in [6, 6.07) is 0. The van der Waals surface area contributed by atoms with E-state index >= 15 is 0 Å². The van der Waals surface area contributed by atoms with Crippen LogP contribution in [0.1, 0.15) is 6.23 Å². The molecule has 7 nitrogen and oxygen atoms in total. The van der Waals surface area contributed by atoms with Gasteiger partial charge in [-0.05, 0) is 0 Å². The van der Waals surface area contributed by atoms with E-state index in [2.05, 4.69) is 9.72 Å². The van der Waals surface area contributed by atoms with Gasteiger partial charge in [0, 0.05) is 6.20 Å². The average Bonchev–Trinajstić information content (AvgIpc) is 2.63. The first kappa shape index (κ1) is 16.9. The molecule has 1 aromatic rings. The van der Waals surface area contributed by atoms with Crippen LogP contribution >= 0.6 is 11.6 Å². The van der Waals surface area contributed by atoms with Crippen molar-refractivity contribution in [2.45, 2.75) is 30.3 Å². The summed E-state index contributed by atoms with van der Waals surface area (Å²) in [4.78, 5) is 14.8. The molecule has 1 fully saturated rings. The predicted molar refractivity (Wildman–Crippen MR) is 64.8 cm³/mol. The van der Waals surface area contributed by atoms with Crippen molar-refractivity contribution in [2.75, 3.05) is 12.3 Å². The van der Waals surface area contributed by atoms with E-state index in [-0.39, 0.29) is 5.02 Å². The van der Waals surface area contributed by atoms with Crippen LogP contribution in [0, 0.1) is 0 Å². The van der Waals surface area contributed by atoms with E-state index in [4.69, 9.17) is 22.4 Å². The molecule has 3 atom stereocenters. The highest BCUT2D eigenvalue weighted by Crippen LogP contribution is 2.50. The number of alkyl halides is 4. The van der Waals surface area contributed by atoms with Crippen LogP contribution in [0.2, 0.25) is 5.02 Å². The zero-order chi connectivity index (χ0) is 16.9. The van der Waals surface area contributed by atoms with Crippen molar-refractivity contribution in [3.63, 3.8) is 0 Å². The molecule has 0 unspecified atom stereocenters. The number of halogens is 5. The van der Waals surface area contributed by atoms with Crippen molar-refractivity contribution in [3.8, 4) is 0 Å². The summed E-state index contributed by atoms with van der Waals surface area (Å²) in [5.41, 5.74) is 0.328. The lowest BCUT2D eigenvalue weighted by Gasteiger charge is -2.31. The van der Waals surface area contributed by atoms with E-state index in [0.717, 1.165) is 6.20 Å². The highest BCUT2D eigenvalue weighted by atomic mass is 35.5. The van der Waals surface area contributed by atoms with Gasteiger partial charge in [-0.15, -0.1) is 0 Å². The number of aliphatic hydroxyl groups is 2. The van der Waals surface area contributed by atoms with Crippen molar-refractivity contribution in [2.24, 2.45) is 0 Å². The van der Waals surface area contributed by atoms with Gasteiger partial charge in [0.2, 0.25) is 5.60 Å². The number of aromatic nitrogens is 2. The highest BCUT2D eigenvalue weighted by Gasteiger charge is 2.73. The van der Waals surface area contributed by atoms with Gasteiger partial charge in [0.25, 0.3) is 6.43 Å². The summed E-state index contributed by atoms with van der Waals surface area (Å²) >= 11 is 5.58. The minimum atomic E-state index is -4.53. The summed E-state index contributed by atoms with van der Waals surface area (Å²) in [5.74, 6) is -4.95. The molecule has 0 amide bonds. The van der Waals surface area contributed by atoms with Crippen LogP contribution in [0.15, 0.2) is 11.0 Å². The quantitative estimate of drug-likeness (QED) is 0.664. The van der Waals surface area contributed by atoms with Gasteiger partial charge in [-0.3, -0.25) is 4.57 Å². The van der Waals surface area contributed by atoms with Crippen LogP contribution in [0.5, 0.6) is 0 Å². The molecule has 0 aliphatic carbocycles. The molecule has 1 aliphatic heterocycles. The lowest BCUT2D eigenvalue weighted by molar-refractivity contribution is -0.244. The molecule has 22 heavy (non-hydrogen) atoms. The SMILES string of the molecule is Nc1nc(=O)n([C@@H]2O[C@@](CO)(C(F)F)C(F)(F)[C@H]2O)cc1Cl. The number of nitrogens with two attached hydrogens (primary N) is 1. The Balaban J connectivity index is 2.56.